The molecule has 3 rings (SSSR count). The minimum Gasteiger partial charge on any atom is -0.350 e. The van der Waals surface area contributed by atoms with Crippen LogP contribution in [0.1, 0.15) is 18.5 Å². The molecule has 0 unspecified atom stereocenters. The zero-order valence-electron chi connectivity index (χ0n) is 11.9. The third kappa shape index (κ3) is 2.82. The standard InChI is InChI=1S/C13H14N8O/c1-10(20-8-14-6-18-20)13(22)17-5-11-3-2-4-16-12(11)21-9-15-7-19-21/h2-4,6-10H,5H2,1H3,(H,17,22)/t10-/m1/s1. The van der Waals surface area contributed by atoms with Crippen LogP contribution in [0.4, 0.5) is 0 Å². The first-order valence-corrected chi connectivity index (χ1v) is 6.66. The van der Waals surface area contributed by atoms with Crippen molar-refractivity contribution in [2.24, 2.45) is 0 Å². The molecule has 1 N–H and O–H groups in total. The Morgan fingerprint density at radius 1 is 1.27 bits per heavy atom. The van der Waals surface area contributed by atoms with E-state index in [9.17, 15) is 4.79 Å². The lowest BCUT2D eigenvalue weighted by atomic mass is 10.2. The molecule has 112 valence electrons. The van der Waals surface area contributed by atoms with Crippen molar-refractivity contribution in [2.75, 3.05) is 0 Å². The average molecular weight is 298 g/mol. The van der Waals surface area contributed by atoms with Crippen molar-refractivity contribution in [1.82, 2.24) is 39.8 Å². The van der Waals surface area contributed by atoms with E-state index >= 15 is 0 Å². The van der Waals surface area contributed by atoms with Crippen LogP contribution < -0.4 is 5.32 Å². The molecule has 3 aromatic heterocycles. The molecule has 0 spiro atoms. The van der Waals surface area contributed by atoms with E-state index in [1.54, 1.807) is 24.1 Å². The molecule has 0 aromatic carbocycles. The van der Waals surface area contributed by atoms with Gasteiger partial charge in [0.05, 0.1) is 0 Å². The lowest BCUT2D eigenvalue weighted by molar-refractivity contribution is -0.124. The fourth-order valence-corrected chi connectivity index (χ4v) is 1.96. The monoisotopic (exact) mass is 298 g/mol. The highest BCUT2D eigenvalue weighted by atomic mass is 16.2. The summed E-state index contributed by atoms with van der Waals surface area (Å²) < 4.78 is 3.05. The van der Waals surface area contributed by atoms with Gasteiger partial charge in [0.25, 0.3) is 0 Å². The molecule has 0 aliphatic heterocycles. The van der Waals surface area contributed by atoms with Gasteiger partial charge in [-0.25, -0.2) is 24.3 Å². The zero-order chi connectivity index (χ0) is 15.4. The average Bonchev–Trinajstić information content (AvgIpc) is 3.25. The predicted octanol–water partition coefficient (Wildman–Crippen LogP) is 0.131. The molecule has 22 heavy (non-hydrogen) atoms. The lowest BCUT2D eigenvalue weighted by Crippen LogP contribution is -2.31. The van der Waals surface area contributed by atoms with Gasteiger partial charge in [-0.3, -0.25) is 4.79 Å². The van der Waals surface area contributed by atoms with Crippen molar-refractivity contribution in [1.29, 1.82) is 0 Å². The van der Waals surface area contributed by atoms with Gasteiger partial charge >= 0.3 is 0 Å². The molecule has 0 aliphatic carbocycles. The lowest BCUT2D eigenvalue weighted by Gasteiger charge is -2.13. The smallest absolute Gasteiger partial charge is 0.244 e. The maximum atomic E-state index is 12.2. The fourth-order valence-electron chi connectivity index (χ4n) is 1.96. The first-order valence-electron chi connectivity index (χ1n) is 6.66. The fraction of sp³-hybridized carbons (Fsp3) is 0.231. The van der Waals surface area contributed by atoms with Gasteiger partial charge in [0.2, 0.25) is 5.91 Å². The Hall–Kier alpha value is -3.10. The van der Waals surface area contributed by atoms with Crippen LogP contribution in [0.2, 0.25) is 0 Å². The molecule has 0 bridgehead atoms. The molecule has 9 heteroatoms. The van der Waals surface area contributed by atoms with Crippen LogP contribution in [0.3, 0.4) is 0 Å². The third-order valence-corrected chi connectivity index (χ3v) is 3.17. The van der Waals surface area contributed by atoms with E-state index in [-0.39, 0.29) is 5.91 Å². The number of carbonyl (C=O) groups excluding carboxylic acids is 1. The van der Waals surface area contributed by atoms with Crippen LogP contribution >= 0.6 is 0 Å². The number of hydrogen-bond acceptors (Lipinski definition) is 6. The Morgan fingerprint density at radius 2 is 2.09 bits per heavy atom. The topological polar surface area (TPSA) is 103 Å². The minimum absolute atomic E-state index is 0.154. The van der Waals surface area contributed by atoms with E-state index in [2.05, 4.69) is 30.5 Å². The third-order valence-electron chi connectivity index (χ3n) is 3.17. The molecule has 0 saturated heterocycles. The summed E-state index contributed by atoms with van der Waals surface area (Å²) in [5, 5.41) is 10.9. The van der Waals surface area contributed by atoms with Gasteiger partial charge in [0, 0.05) is 18.3 Å². The van der Waals surface area contributed by atoms with Gasteiger partial charge in [-0.2, -0.15) is 10.2 Å². The number of carbonyl (C=O) groups is 1. The van der Waals surface area contributed by atoms with Crippen LogP contribution in [0, 0.1) is 0 Å². The number of amides is 1. The van der Waals surface area contributed by atoms with Crippen LogP contribution in [-0.2, 0) is 11.3 Å². The van der Waals surface area contributed by atoms with Gasteiger partial charge in [-0.15, -0.1) is 0 Å². The van der Waals surface area contributed by atoms with Crippen LogP contribution in [0.5, 0.6) is 0 Å². The van der Waals surface area contributed by atoms with Crippen molar-refractivity contribution in [3.63, 3.8) is 0 Å². The minimum atomic E-state index is -0.436. The van der Waals surface area contributed by atoms with E-state index in [1.807, 2.05) is 12.1 Å². The number of nitrogens with one attached hydrogen (secondary N) is 1. The first kappa shape index (κ1) is 13.9. The summed E-state index contributed by atoms with van der Waals surface area (Å²) in [7, 11) is 0. The molecular weight excluding hydrogens is 284 g/mol. The Balaban J connectivity index is 1.71. The van der Waals surface area contributed by atoms with Crippen LogP contribution in [0.25, 0.3) is 5.82 Å². The first-order chi connectivity index (χ1) is 10.8. The van der Waals surface area contributed by atoms with E-state index in [4.69, 9.17) is 0 Å². The summed E-state index contributed by atoms with van der Waals surface area (Å²) in [5.41, 5.74) is 0.840. The van der Waals surface area contributed by atoms with E-state index < -0.39 is 6.04 Å². The van der Waals surface area contributed by atoms with Crippen LogP contribution in [0.15, 0.2) is 43.6 Å². The van der Waals surface area contributed by atoms with Gasteiger partial charge < -0.3 is 5.32 Å². The quantitative estimate of drug-likeness (QED) is 0.718. The highest BCUT2D eigenvalue weighted by Gasteiger charge is 2.16. The molecule has 1 amide bonds. The number of hydrogen-bond donors (Lipinski definition) is 1. The Bertz CT molecular complexity index is 737. The summed E-state index contributed by atoms with van der Waals surface area (Å²) >= 11 is 0. The maximum absolute atomic E-state index is 12.2. The molecule has 3 heterocycles. The molecule has 0 fully saturated rings. The van der Waals surface area contributed by atoms with E-state index in [0.717, 1.165) is 5.56 Å². The molecule has 9 nitrogen and oxygen atoms in total. The molecule has 0 aliphatic rings. The number of rotatable bonds is 5. The highest BCUT2D eigenvalue weighted by Crippen LogP contribution is 2.10. The van der Waals surface area contributed by atoms with E-state index in [1.165, 1.54) is 23.7 Å². The number of aromatic nitrogens is 7. The van der Waals surface area contributed by atoms with E-state index in [0.29, 0.717) is 12.4 Å². The van der Waals surface area contributed by atoms with Crippen molar-refractivity contribution in [2.45, 2.75) is 19.5 Å². The number of nitrogens with zero attached hydrogens (tertiary/aromatic N) is 7. The Kier molecular flexibility index (Phi) is 3.86. The second-order valence-electron chi connectivity index (χ2n) is 4.60. The summed E-state index contributed by atoms with van der Waals surface area (Å²) in [4.78, 5) is 24.2. The van der Waals surface area contributed by atoms with Crippen molar-refractivity contribution < 1.29 is 4.79 Å². The summed E-state index contributed by atoms with van der Waals surface area (Å²) in [6.07, 6.45) is 7.57. The molecule has 0 radical (unpaired) electrons. The van der Waals surface area contributed by atoms with Gasteiger partial charge in [0.1, 0.15) is 31.4 Å². The molecule has 1 atom stereocenters. The maximum Gasteiger partial charge on any atom is 0.244 e. The van der Waals surface area contributed by atoms with Crippen molar-refractivity contribution in [3.8, 4) is 5.82 Å². The second kappa shape index (κ2) is 6.12. The highest BCUT2D eigenvalue weighted by molar-refractivity contribution is 5.79. The number of pyridine rings is 1. The summed E-state index contributed by atoms with van der Waals surface area (Å²) in [6.45, 7) is 2.09. The normalized spacial score (nSPS) is 12.0. The largest absolute Gasteiger partial charge is 0.350 e. The van der Waals surface area contributed by atoms with Gasteiger partial charge in [0.15, 0.2) is 5.82 Å². The SMILES string of the molecule is C[C@H](C(=O)NCc1cccnc1-n1cncn1)n1cncn1. The second-order valence-corrected chi connectivity index (χ2v) is 4.60. The van der Waals surface area contributed by atoms with Gasteiger partial charge in [-0.1, -0.05) is 6.07 Å². The summed E-state index contributed by atoms with van der Waals surface area (Å²) in [6, 6.07) is 3.25. The van der Waals surface area contributed by atoms with Crippen molar-refractivity contribution in [3.05, 3.63) is 49.2 Å². The van der Waals surface area contributed by atoms with Crippen molar-refractivity contribution >= 4 is 5.91 Å². The molecule has 3 aromatic rings. The Morgan fingerprint density at radius 3 is 2.82 bits per heavy atom. The van der Waals surface area contributed by atoms with Gasteiger partial charge in [-0.05, 0) is 13.0 Å². The summed E-state index contributed by atoms with van der Waals surface area (Å²) in [5.74, 6) is 0.479. The molecular formula is C13H14N8O. The molecule has 0 saturated carbocycles. The predicted molar refractivity (Wildman–Crippen MR) is 75.7 cm³/mol. The Labute approximate surface area is 126 Å². The zero-order valence-corrected chi connectivity index (χ0v) is 11.9. The van der Waals surface area contributed by atoms with Crippen LogP contribution in [-0.4, -0.2) is 40.4 Å².